The third kappa shape index (κ3) is 4.63. The minimum absolute atomic E-state index is 0.144. The quantitative estimate of drug-likeness (QED) is 0.729. The third-order valence-electron chi connectivity index (χ3n) is 2.82. The summed E-state index contributed by atoms with van der Waals surface area (Å²) in [5, 5.41) is 9.23. The van der Waals surface area contributed by atoms with Gasteiger partial charge in [-0.05, 0) is 44.4 Å². The third-order valence-corrected chi connectivity index (χ3v) is 2.82. The van der Waals surface area contributed by atoms with Crippen molar-refractivity contribution in [2.75, 3.05) is 13.2 Å². The van der Waals surface area contributed by atoms with Gasteiger partial charge < -0.3 is 9.84 Å². The van der Waals surface area contributed by atoms with Gasteiger partial charge in [0.2, 0.25) is 0 Å². The normalized spacial score (nSPS) is 24.2. The smallest absolute Gasteiger partial charge is 0.0514 e. The van der Waals surface area contributed by atoms with Gasteiger partial charge in [0.05, 0.1) is 6.10 Å². The molecule has 13 heavy (non-hydrogen) atoms. The van der Waals surface area contributed by atoms with E-state index in [1.165, 1.54) is 19.3 Å². The van der Waals surface area contributed by atoms with E-state index < -0.39 is 0 Å². The Morgan fingerprint density at radius 3 is 2.46 bits per heavy atom. The summed E-state index contributed by atoms with van der Waals surface area (Å²) in [5.41, 5.74) is 0. The molecule has 0 aromatic rings. The highest BCUT2D eigenvalue weighted by Crippen LogP contribution is 2.24. The Morgan fingerprint density at radius 1 is 1.31 bits per heavy atom. The summed E-state index contributed by atoms with van der Waals surface area (Å²) in [6.07, 6.45) is 4.48. The predicted molar refractivity (Wildman–Crippen MR) is 53.6 cm³/mol. The molecule has 0 saturated carbocycles. The van der Waals surface area contributed by atoms with E-state index in [0.29, 0.717) is 5.92 Å². The molecule has 1 aliphatic rings. The van der Waals surface area contributed by atoms with E-state index in [-0.39, 0.29) is 6.10 Å². The standard InChI is InChI=1S/C11H22O2/c1-9(7-10(2)12)8-11-3-5-13-6-4-11/h9-12H,3-8H2,1-2H3. The number of aliphatic hydroxyl groups excluding tert-OH is 1. The number of aliphatic hydroxyl groups is 1. The molecule has 0 aromatic heterocycles. The van der Waals surface area contributed by atoms with E-state index in [1.54, 1.807) is 0 Å². The summed E-state index contributed by atoms with van der Waals surface area (Å²) < 4.78 is 5.31. The first kappa shape index (κ1) is 11.0. The summed E-state index contributed by atoms with van der Waals surface area (Å²) in [7, 11) is 0. The summed E-state index contributed by atoms with van der Waals surface area (Å²) in [6.45, 7) is 5.99. The first-order valence-electron chi connectivity index (χ1n) is 5.44. The second kappa shape index (κ2) is 5.61. The Labute approximate surface area is 81.3 Å². The molecule has 2 unspecified atom stereocenters. The average molecular weight is 186 g/mol. The number of ether oxygens (including phenoxy) is 1. The molecule has 1 aliphatic heterocycles. The van der Waals surface area contributed by atoms with Gasteiger partial charge in [-0.25, -0.2) is 0 Å². The van der Waals surface area contributed by atoms with Crippen LogP contribution < -0.4 is 0 Å². The van der Waals surface area contributed by atoms with Crippen molar-refractivity contribution in [3.8, 4) is 0 Å². The Bertz CT molecular complexity index is 128. The fourth-order valence-electron chi connectivity index (χ4n) is 2.23. The lowest BCUT2D eigenvalue weighted by atomic mass is 9.87. The molecule has 1 heterocycles. The molecular formula is C11H22O2. The van der Waals surface area contributed by atoms with Gasteiger partial charge in [0, 0.05) is 13.2 Å². The predicted octanol–water partition coefficient (Wildman–Crippen LogP) is 2.21. The van der Waals surface area contributed by atoms with E-state index >= 15 is 0 Å². The first-order valence-corrected chi connectivity index (χ1v) is 5.44. The molecule has 1 fully saturated rings. The van der Waals surface area contributed by atoms with Gasteiger partial charge in [-0.2, -0.15) is 0 Å². The van der Waals surface area contributed by atoms with Crippen molar-refractivity contribution in [2.45, 2.75) is 45.6 Å². The van der Waals surface area contributed by atoms with Crippen LogP contribution >= 0.6 is 0 Å². The van der Waals surface area contributed by atoms with Crippen LogP contribution in [0.15, 0.2) is 0 Å². The first-order chi connectivity index (χ1) is 6.18. The highest BCUT2D eigenvalue weighted by molar-refractivity contribution is 4.68. The van der Waals surface area contributed by atoms with Crippen LogP contribution in [0.25, 0.3) is 0 Å². The Balaban J connectivity index is 2.14. The lowest BCUT2D eigenvalue weighted by Gasteiger charge is -2.25. The van der Waals surface area contributed by atoms with Gasteiger partial charge in [-0.15, -0.1) is 0 Å². The summed E-state index contributed by atoms with van der Waals surface area (Å²) in [5.74, 6) is 1.49. The molecule has 1 rings (SSSR count). The zero-order valence-electron chi connectivity index (χ0n) is 8.83. The van der Waals surface area contributed by atoms with E-state index in [1.807, 2.05) is 6.92 Å². The van der Waals surface area contributed by atoms with E-state index in [4.69, 9.17) is 4.74 Å². The molecule has 0 aromatic carbocycles. The van der Waals surface area contributed by atoms with Gasteiger partial charge >= 0.3 is 0 Å². The summed E-state index contributed by atoms with van der Waals surface area (Å²) in [4.78, 5) is 0. The fourth-order valence-corrected chi connectivity index (χ4v) is 2.23. The maximum atomic E-state index is 9.23. The molecule has 1 saturated heterocycles. The Morgan fingerprint density at radius 2 is 1.92 bits per heavy atom. The van der Waals surface area contributed by atoms with Crippen molar-refractivity contribution in [3.05, 3.63) is 0 Å². The van der Waals surface area contributed by atoms with Crippen molar-refractivity contribution >= 4 is 0 Å². The van der Waals surface area contributed by atoms with Crippen LogP contribution in [-0.2, 0) is 4.74 Å². The van der Waals surface area contributed by atoms with Crippen LogP contribution in [0.2, 0.25) is 0 Å². The lowest BCUT2D eigenvalue weighted by molar-refractivity contribution is 0.0558. The topological polar surface area (TPSA) is 29.5 Å². The van der Waals surface area contributed by atoms with Crippen LogP contribution in [0.5, 0.6) is 0 Å². The minimum atomic E-state index is -0.144. The molecule has 1 N–H and O–H groups in total. The molecule has 2 nitrogen and oxygen atoms in total. The van der Waals surface area contributed by atoms with Crippen LogP contribution in [0.4, 0.5) is 0 Å². The van der Waals surface area contributed by atoms with Gasteiger partial charge in [0.15, 0.2) is 0 Å². The van der Waals surface area contributed by atoms with Crippen molar-refractivity contribution in [1.82, 2.24) is 0 Å². The number of hydrogen-bond donors (Lipinski definition) is 1. The summed E-state index contributed by atoms with van der Waals surface area (Å²) >= 11 is 0. The van der Waals surface area contributed by atoms with Crippen LogP contribution in [0.3, 0.4) is 0 Å². The van der Waals surface area contributed by atoms with Gasteiger partial charge in [-0.3, -0.25) is 0 Å². The van der Waals surface area contributed by atoms with Crippen molar-refractivity contribution < 1.29 is 9.84 Å². The molecule has 2 heteroatoms. The molecule has 0 bridgehead atoms. The van der Waals surface area contributed by atoms with E-state index in [0.717, 1.165) is 25.6 Å². The van der Waals surface area contributed by atoms with E-state index in [9.17, 15) is 5.11 Å². The highest BCUT2D eigenvalue weighted by Gasteiger charge is 2.17. The summed E-state index contributed by atoms with van der Waals surface area (Å²) in [6, 6.07) is 0. The Hall–Kier alpha value is -0.0800. The van der Waals surface area contributed by atoms with Crippen LogP contribution in [0, 0.1) is 11.8 Å². The second-order valence-corrected chi connectivity index (χ2v) is 4.48. The van der Waals surface area contributed by atoms with Gasteiger partial charge in [-0.1, -0.05) is 6.92 Å². The molecule has 2 atom stereocenters. The maximum absolute atomic E-state index is 9.23. The van der Waals surface area contributed by atoms with Gasteiger partial charge in [0.25, 0.3) is 0 Å². The van der Waals surface area contributed by atoms with Crippen molar-refractivity contribution in [1.29, 1.82) is 0 Å². The molecule has 0 aliphatic carbocycles. The van der Waals surface area contributed by atoms with Crippen molar-refractivity contribution in [3.63, 3.8) is 0 Å². The second-order valence-electron chi connectivity index (χ2n) is 4.48. The zero-order chi connectivity index (χ0) is 9.68. The lowest BCUT2D eigenvalue weighted by Crippen LogP contribution is -2.19. The largest absolute Gasteiger partial charge is 0.393 e. The minimum Gasteiger partial charge on any atom is -0.393 e. The maximum Gasteiger partial charge on any atom is 0.0514 e. The fraction of sp³-hybridized carbons (Fsp3) is 1.00. The van der Waals surface area contributed by atoms with Gasteiger partial charge in [0.1, 0.15) is 0 Å². The van der Waals surface area contributed by atoms with Crippen LogP contribution in [0.1, 0.15) is 39.5 Å². The Kier molecular flexibility index (Phi) is 4.74. The average Bonchev–Trinajstić information content (AvgIpc) is 2.04. The van der Waals surface area contributed by atoms with Crippen molar-refractivity contribution in [2.24, 2.45) is 11.8 Å². The SMILES string of the molecule is CC(O)CC(C)CC1CCOCC1. The molecule has 78 valence electrons. The highest BCUT2D eigenvalue weighted by atomic mass is 16.5. The monoisotopic (exact) mass is 186 g/mol. The zero-order valence-corrected chi connectivity index (χ0v) is 8.83. The number of rotatable bonds is 4. The number of hydrogen-bond acceptors (Lipinski definition) is 2. The van der Waals surface area contributed by atoms with Crippen LogP contribution in [-0.4, -0.2) is 24.4 Å². The van der Waals surface area contributed by atoms with E-state index in [2.05, 4.69) is 6.92 Å². The molecule has 0 amide bonds. The molecule has 0 radical (unpaired) electrons. The molecular weight excluding hydrogens is 164 g/mol. The molecule has 0 spiro atoms.